The van der Waals surface area contributed by atoms with E-state index in [0.29, 0.717) is 0 Å². The van der Waals surface area contributed by atoms with Gasteiger partial charge in [-0.3, -0.25) is 9.88 Å². The van der Waals surface area contributed by atoms with E-state index in [1.165, 1.54) is 6.54 Å². The van der Waals surface area contributed by atoms with Crippen molar-refractivity contribution in [3.05, 3.63) is 29.0 Å². The van der Waals surface area contributed by atoms with Crippen molar-refractivity contribution in [3.63, 3.8) is 0 Å². The maximum atomic E-state index is 6.03. The molecule has 4 heteroatoms. The Morgan fingerprint density at radius 3 is 3.06 bits per heavy atom. The van der Waals surface area contributed by atoms with Crippen molar-refractivity contribution in [2.45, 2.75) is 25.9 Å². The number of nitrogens with zero attached hydrogens (tertiary/aromatic N) is 2. The number of fused-ring (bicyclic) bond motifs is 1. The lowest BCUT2D eigenvalue weighted by Gasteiger charge is -2.35. The second-order valence-electron chi connectivity index (χ2n) is 6.02. The van der Waals surface area contributed by atoms with Gasteiger partial charge in [-0.05, 0) is 44.4 Å². The topological polar surface area (TPSA) is 28.2 Å². The molecular formula is C14H20ClN3. The van der Waals surface area contributed by atoms with Crippen LogP contribution in [-0.4, -0.2) is 35.1 Å². The minimum atomic E-state index is 0.248. The van der Waals surface area contributed by atoms with Crippen LogP contribution in [0.15, 0.2) is 18.3 Å². The van der Waals surface area contributed by atoms with E-state index in [0.717, 1.165) is 42.2 Å². The molecule has 18 heavy (non-hydrogen) atoms. The summed E-state index contributed by atoms with van der Waals surface area (Å²) in [6, 6.07) is 3.81. The fraction of sp³-hybridized carbons (Fsp3) is 0.643. The van der Waals surface area contributed by atoms with Crippen molar-refractivity contribution in [1.29, 1.82) is 0 Å². The van der Waals surface area contributed by atoms with Crippen LogP contribution in [0.1, 0.15) is 19.5 Å². The van der Waals surface area contributed by atoms with Gasteiger partial charge >= 0.3 is 0 Å². The highest BCUT2D eigenvalue weighted by atomic mass is 35.5. The Balaban J connectivity index is 1.77. The van der Waals surface area contributed by atoms with E-state index in [2.05, 4.69) is 29.0 Å². The van der Waals surface area contributed by atoms with E-state index in [9.17, 15) is 0 Å². The number of likely N-dealkylation sites (tertiary alicyclic amines) is 1. The fourth-order valence-corrected chi connectivity index (χ4v) is 3.69. The van der Waals surface area contributed by atoms with Crippen LogP contribution in [0.5, 0.6) is 0 Å². The average Bonchev–Trinajstić information content (AvgIpc) is 2.84. The van der Waals surface area contributed by atoms with Gasteiger partial charge in [0.2, 0.25) is 0 Å². The van der Waals surface area contributed by atoms with Gasteiger partial charge in [-0.25, -0.2) is 0 Å². The highest BCUT2D eigenvalue weighted by molar-refractivity contribution is 6.30. The maximum absolute atomic E-state index is 6.03. The molecule has 2 aliphatic heterocycles. The third-order valence-corrected chi connectivity index (χ3v) is 4.88. The van der Waals surface area contributed by atoms with Crippen molar-refractivity contribution in [2.75, 3.05) is 19.6 Å². The monoisotopic (exact) mass is 265 g/mol. The van der Waals surface area contributed by atoms with Crippen LogP contribution in [0.3, 0.4) is 0 Å². The molecule has 2 fully saturated rings. The minimum absolute atomic E-state index is 0.248. The first kappa shape index (κ1) is 12.4. The lowest BCUT2D eigenvalue weighted by atomic mass is 9.85. The Bertz CT molecular complexity index is 446. The molecule has 0 spiro atoms. The van der Waals surface area contributed by atoms with Crippen molar-refractivity contribution in [3.8, 4) is 0 Å². The number of aromatic nitrogens is 1. The van der Waals surface area contributed by atoms with Crippen LogP contribution in [0.2, 0.25) is 5.02 Å². The van der Waals surface area contributed by atoms with Gasteiger partial charge in [-0.1, -0.05) is 11.6 Å². The molecule has 98 valence electrons. The molecule has 2 aliphatic rings. The number of halogens is 1. The van der Waals surface area contributed by atoms with Gasteiger partial charge in [0, 0.05) is 36.4 Å². The third kappa shape index (κ3) is 2.04. The molecule has 3 nitrogen and oxygen atoms in total. The largest absolute Gasteiger partial charge is 0.316 e. The number of rotatable bonds is 2. The number of hydrogen-bond donors (Lipinski definition) is 1. The molecule has 3 heterocycles. The van der Waals surface area contributed by atoms with E-state index < -0.39 is 0 Å². The van der Waals surface area contributed by atoms with E-state index >= 15 is 0 Å². The van der Waals surface area contributed by atoms with Crippen molar-refractivity contribution >= 4 is 11.6 Å². The van der Waals surface area contributed by atoms with Crippen LogP contribution in [0, 0.1) is 11.8 Å². The first-order chi connectivity index (χ1) is 8.57. The summed E-state index contributed by atoms with van der Waals surface area (Å²) in [5.74, 6) is 1.55. The van der Waals surface area contributed by atoms with Gasteiger partial charge in [0.25, 0.3) is 0 Å². The van der Waals surface area contributed by atoms with Crippen LogP contribution in [0.4, 0.5) is 0 Å². The van der Waals surface area contributed by atoms with Crippen molar-refractivity contribution in [2.24, 2.45) is 11.8 Å². The van der Waals surface area contributed by atoms with Gasteiger partial charge in [-0.15, -0.1) is 0 Å². The van der Waals surface area contributed by atoms with Crippen LogP contribution < -0.4 is 5.32 Å². The highest BCUT2D eigenvalue weighted by Gasteiger charge is 2.49. The highest BCUT2D eigenvalue weighted by Crippen LogP contribution is 2.41. The zero-order chi connectivity index (χ0) is 12.8. The predicted octanol–water partition coefficient (Wildman–Crippen LogP) is 2.16. The molecule has 0 aliphatic carbocycles. The zero-order valence-electron chi connectivity index (χ0n) is 11.0. The van der Waals surface area contributed by atoms with Gasteiger partial charge < -0.3 is 5.32 Å². The van der Waals surface area contributed by atoms with Gasteiger partial charge in [-0.2, -0.15) is 0 Å². The van der Waals surface area contributed by atoms with E-state index in [-0.39, 0.29) is 5.54 Å². The molecule has 2 atom stereocenters. The summed E-state index contributed by atoms with van der Waals surface area (Å²) in [6.07, 6.45) is 1.79. The molecule has 2 unspecified atom stereocenters. The summed E-state index contributed by atoms with van der Waals surface area (Å²) in [7, 11) is 0. The second kappa shape index (κ2) is 4.48. The summed E-state index contributed by atoms with van der Waals surface area (Å²) < 4.78 is 0. The standard InChI is InChI=1S/C14H20ClN3/c1-14(2)13-7-16-6-10(13)8-18(14)9-12-5-11(15)3-4-17-12/h3-5,10,13,16H,6-9H2,1-2H3. The number of hydrogen-bond acceptors (Lipinski definition) is 3. The molecule has 0 radical (unpaired) electrons. The smallest absolute Gasteiger partial charge is 0.0558 e. The number of nitrogens with one attached hydrogen (secondary N) is 1. The molecule has 2 saturated heterocycles. The molecule has 0 amide bonds. The lowest BCUT2D eigenvalue weighted by Crippen LogP contribution is -2.44. The maximum Gasteiger partial charge on any atom is 0.0558 e. The fourth-order valence-electron chi connectivity index (χ4n) is 3.50. The Labute approximate surface area is 114 Å². The quantitative estimate of drug-likeness (QED) is 0.888. The zero-order valence-corrected chi connectivity index (χ0v) is 11.7. The van der Waals surface area contributed by atoms with Gasteiger partial charge in [0.1, 0.15) is 0 Å². The van der Waals surface area contributed by atoms with Crippen LogP contribution >= 0.6 is 11.6 Å². The normalized spacial score (nSPS) is 30.6. The molecule has 0 bridgehead atoms. The third-order valence-electron chi connectivity index (χ3n) is 4.65. The molecule has 0 saturated carbocycles. The molecule has 3 rings (SSSR count). The minimum Gasteiger partial charge on any atom is -0.316 e. The summed E-state index contributed by atoms with van der Waals surface area (Å²) in [5, 5.41) is 4.29. The summed E-state index contributed by atoms with van der Waals surface area (Å²) in [4.78, 5) is 6.98. The molecule has 0 aromatic carbocycles. The van der Waals surface area contributed by atoms with Crippen molar-refractivity contribution < 1.29 is 0 Å². The van der Waals surface area contributed by atoms with Gasteiger partial charge in [0.15, 0.2) is 0 Å². The Kier molecular flexibility index (Phi) is 3.08. The van der Waals surface area contributed by atoms with Crippen LogP contribution in [-0.2, 0) is 6.54 Å². The van der Waals surface area contributed by atoms with Gasteiger partial charge in [0.05, 0.1) is 5.69 Å². The first-order valence-electron chi connectivity index (χ1n) is 6.63. The van der Waals surface area contributed by atoms with E-state index in [4.69, 9.17) is 11.6 Å². The predicted molar refractivity (Wildman–Crippen MR) is 73.6 cm³/mol. The Morgan fingerprint density at radius 2 is 2.33 bits per heavy atom. The average molecular weight is 266 g/mol. The van der Waals surface area contributed by atoms with E-state index in [1.807, 2.05) is 12.1 Å². The molecule has 1 aromatic heterocycles. The molecular weight excluding hydrogens is 246 g/mol. The number of pyridine rings is 1. The molecule has 1 N–H and O–H groups in total. The van der Waals surface area contributed by atoms with Crippen molar-refractivity contribution in [1.82, 2.24) is 15.2 Å². The summed E-state index contributed by atoms with van der Waals surface area (Å²) >= 11 is 6.03. The second-order valence-corrected chi connectivity index (χ2v) is 6.46. The SMILES string of the molecule is CC1(C)C2CNCC2CN1Cc1cc(Cl)ccn1. The van der Waals surface area contributed by atoms with Crippen LogP contribution in [0.25, 0.3) is 0 Å². The summed E-state index contributed by atoms with van der Waals surface area (Å²) in [6.45, 7) is 9.09. The Morgan fingerprint density at radius 1 is 1.50 bits per heavy atom. The first-order valence-corrected chi connectivity index (χ1v) is 7.01. The Hall–Kier alpha value is -0.640. The van der Waals surface area contributed by atoms with E-state index in [1.54, 1.807) is 6.20 Å². The lowest BCUT2D eigenvalue weighted by molar-refractivity contribution is 0.130. The molecule has 1 aromatic rings. The summed E-state index contributed by atoms with van der Waals surface area (Å²) in [5.41, 5.74) is 1.32.